The minimum atomic E-state index is -0.256. The van der Waals surface area contributed by atoms with Gasteiger partial charge in [-0.05, 0) is 23.3 Å². The molecule has 1 aliphatic rings. The first-order chi connectivity index (χ1) is 8.31. The second-order valence-corrected chi connectivity index (χ2v) is 5.01. The first-order valence-corrected chi connectivity index (χ1v) is 6.77. The Morgan fingerprint density at radius 2 is 2.24 bits per heavy atom. The van der Waals surface area contributed by atoms with Crippen molar-refractivity contribution in [1.82, 2.24) is 20.2 Å². The normalized spacial score (nSPS) is 17.0. The predicted molar refractivity (Wildman–Crippen MR) is 62.7 cm³/mol. The third-order valence-electron chi connectivity index (χ3n) is 2.93. The Kier molecular flexibility index (Phi) is 4.36. The van der Waals surface area contributed by atoms with E-state index in [1.54, 1.807) is 0 Å². The number of aromatic nitrogens is 4. The van der Waals surface area contributed by atoms with E-state index < -0.39 is 0 Å². The van der Waals surface area contributed by atoms with Crippen LogP contribution in [0.2, 0.25) is 0 Å². The summed E-state index contributed by atoms with van der Waals surface area (Å²) in [5.74, 6) is -0.00274. The molecule has 1 fully saturated rings. The second-order valence-electron chi connectivity index (χ2n) is 4.06. The third-order valence-corrected chi connectivity index (χ3v) is 3.84. The van der Waals surface area contributed by atoms with Crippen LogP contribution in [0.15, 0.2) is 5.16 Å². The summed E-state index contributed by atoms with van der Waals surface area (Å²) in [6, 6.07) is 0.388. The highest BCUT2D eigenvalue weighted by Crippen LogP contribution is 2.30. The Balaban J connectivity index is 1.98. The van der Waals surface area contributed by atoms with Crippen molar-refractivity contribution < 1.29 is 9.53 Å². The standard InChI is InChI=1S/C10H16N4O2S/c1-16-9(15)7-17-10-11-12-13-14(10)8-5-3-2-4-6-8/h8H,2-7H2,1H3. The van der Waals surface area contributed by atoms with Crippen molar-refractivity contribution in [2.24, 2.45) is 0 Å². The minimum Gasteiger partial charge on any atom is -0.468 e. The van der Waals surface area contributed by atoms with E-state index in [0.29, 0.717) is 11.2 Å². The lowest BCUT2D eigenvalue weighted by Crippen LogP contribution is -2.16. The van der Waals surface area contributed by atoms with E-state index in [1.807, 2.05) is 4.68 Å². The topological polar surface area (TPSA) is 69.9 Å². The number of methoxy groups -OCH3 is 1. The van der Waals surface area contributed by atoms with Crippen molar-refractivity contribution in [3.63, 3.8) is 0 Å². The Labute approximate surface area is 104 Å². The van der Waals surface area contributed by atoms with Gasteiger partial charge in [-0.3, -0.25) is 4.79 Å². The lowest BCUT2D eigenvalue weighted by molar-refractivity contribution is -0.137. The molecule has 0 unspecified atom stereocenters. The molecule has 0 atom stereocenters. The van der Waals surface area contributed by atoms with Crippen LogP contribution in [0.1, 0.15) is 38.1 Å². The summed E-state index contributed by atoms with van der Waals surface area (Å²) >= 11 is 1.33. The van der Waals surface area contributed by atoms with Gasteiger partial charge >= 0.3 is 5.97 Å². The molecular weight excluding hydrogens is 240 g/mol. The number of thioether (sulfide) groups is 1. The van der Waals surface area contributed by atoms with Gasteiger partial charge in [0.25, 0.3) is 0 Å². The van der Waals surface area contributed by atoms with Gasteiger partial charge < -0.3 is 4.74 Å². The quantitative estimate of drug-likeness (QED) is 0.599. The van der Waals surface area contributed by atoms with Gasteiger partial charge in [-0.25, -0.2) is 4.68 Å². The molecule has 0 saturated heterocycles. The molecule has 2 rings (SSSR count). The Morgan fingerprint density at radius 3 is 2.94 bits per heavy atom. The lowest BCUT2D eigenvalue weighted by atomic mass is 9.96. The second kappa shape index (κ2) is 6.00. The van der Waals surface area contributed by atoms with E-state index in [0.717, 1.165) is 12.8 Å². The Hall–Kier alpha value is -1.11. The Morgan fingerprint density at radius 1 is 1.47 bits per heavy atom. The molecule has 0 spiro atoms. The first kappa shape index (κ1) is 12.3. The summed E-state index contributed by atoms with van der Waals surface area (Å²) in [6.07, 6.45) is 5.99. The summed E-state index contributed by atoms with van der Waals surface area (Å²) in [6.45, 7) is 0. The molecule has 1 aliphatic carbocycles. The summed E-state index contributed by atoms with van der Waals surface area (Å²) in [5, 5.41) is 12.4. The SMILES string of the molecule is COC(=O)CSc1nnnn1C1CCCCC1. The van der Waals surface area contributed by atoms with Gasteiger partial charge in [0.15, 0.2) is 0 Å². The molecule has 1 saturated carbocycles. The molecule has 0 amide bonds. The number of hydrogen-bond donors (Lipinski definition) is 0. The van der Waals surface area contributed by atoms with Crippen LogP contribution in [0, 0.1) is 0 Å². The zero-order valence-electron chi connectivity index (χ0n) is 9.83. The molecule has 17 heavy (non-hydrogen) atoms. The van der Waals surface area contributed by atoms with Crippen LogP contribution in [0.3, 0.4) is 0 Å². The van der Waals surface area contributed by atoms with Crippen molar-refractivity contribution in [1.29, 1.82) is 0 Å². The highest BCUT2D eigenvalue weighted by Gasteiger charge is 2.20. The molecule has 0 radical (unpaired) electrons. The molecule has 0 bridgehead atoms. The van der Waals surface area contributed by atoms with E-state index in [4.69, 9.17) is 0 Å². The number of carbonyl (C=O) groups is 1. The number of rotatable bonds is 4. The van der Waals surface area contributed by atoms with Crippen LogP contribution < -0.4 is 0 Å². The number of carbonyl (C=O) groups excluding carboxylic acids is 1. The van der Waals surface area contributed by atoms with E-state index in [-0.39, 0.29) is 11.7 Å². The summed E-state index contributed by atoms with van der Waals surface area (Å²) in [5.41, 5.74) is 0. The smallest absolute Gasteiger partial charge is 0.316 e. The van der Waals surface area contributed by atoms with Crippen molar-refractivity contribution in [2.75, 3.05) is 12.9 Å². The fourth-order valence-electron chi connectivity index (χ4n) is 2.02. The highest BCUT2D eigenvalue weighted by molar-refractivity contribution is 7.99. The van der Waals surface area contributed by atoms with E-state index in [9.17, 15) is 4.79 Å². The average molecular weight is 256 g/mol. The molecule has 7 heteroatoms. The van der Waals surface area contributed by atoms with Crippen molar-refractivity contribution in [3.05, 3.63) is 0 Å². The minimum absolute atomic E-state index is 0.254. The van der Waals surface area contributed by atoms with Crippen LogP contribution in [-0.2, 0) is 9.53 Å². The van der Waals surface area contributed by atoms with Gasteiger partial charge in [0.1, 0.15) is 0 Å². The summed E-state index contributed by atoms with van der Waals surface area (Å²) in [7, 11) is 1.38. The van der Waals surface area contributed by atoms with Crippen LogP contribution in [0.4, 0.5) is 0 Å². The van der Waals surface area contributed by atoms with Crippen LogP contribution in [0.5, 0.6) is 0 Å². The molecular formula is C10H16N4O2S. The van der Waals surface area contributed by atoms with Crippen molar-refractivity contribution in [3.8, 4) is 0 Å². The van der Waals surface area contributed by atoms with Gasteiger partial charge in [-0.1, -0.05) is 31.0 Å². The maximum absolute atomic E-state index is 11.1. The lowest BCUT2D eigenvalue weighted by Gasteiger charge is -2.21. The third kappa shape index (κ3) is 3.18. The fraction of sp³-hybridized carbons (Fsp3) is 0.800. The van der Waals surface area contributed by atoms with Gasteiger partial charge in [-0.15, -0.1) is 5.10 Å². The van der Waals surface area contributed by atoms with Crippen LogP contribution in [-0.4, -0.2) is 39.0 Å². The van der Waals surface area contributed by atoms with Gasteiger partial charge in [-0.2, -0.15) is 0 Å². The number of nitrogens with zero attached hydrogens (tertiary/aromatic N) is 4. The monoisotopic (exact) mass is 256 g/mol. The zero-order valence-corrected chi connectivity index (χ0v) is 10.7. The van der Waals surface area contributed by atoms with Crippen molar-refractivity contribution >= 4 is 17.7 Å². The predicted octanol–water partition coefficient (Wildman–Crippen LogP) is 1.44. The summed E-state index contributed by atoms with van der Waals surface area (Å²) in [4.78, 5) is 11.1. The number of ether oxygens (including phenoxy) is 1. The van der Waals surface area contributed by atoms with Gasteiger partial charge in [0.2, 0.25) is 5.16 Å². The van der Waals surface area contributed by atoms with Gasteiger partial charge in [0, 0.05) is 0 Å². The van der Waals surface area contributed by atoms with E-state index in [1.165, 1.54) is 38.1 Å². The van der Waals surface area contributed by atoms with Crippen molar-refractivity contribution in [2.45, 2.75) is 43.3 Å². The fourth-order valence-corrected chi connectivity index (χ4v) is 2.79. The maximum atomic E-state index is 11.1. The van der Waals surface area contributed by atoms with E-state index in [2.05, 4.69) is 20.3 Å². The van der Waals surface area contributed by atoms with E-state index >= 15 is 0 Å². The molecule has 6 nitrogen and oxygen atoms in total. The molecule has 1 aromatic heterocycles. The molecule has 94 valence electrons. The summed E-state index contributed by atoms with van der Waals surface area (Å²) < 4.78 is 6.45. The number of tetrazole rings is 1. The maximum Gasteiger partial charge on any atom is 0.316 e. The molecule has 1 aromatic rings. The largest absolute Gasteiger partial charge is 0.468 e. The van der Waals surface area contributed by atoms with Crippen LogP contribution in [0.25, 0.3) is 0 Å². The zero-order chi connectivity index (χ0) is 12.1. The number of esters is 1. The molecule has 0 aliphatic heterocycles. The van der Waals surface area contributed by atoms with Gasteiger partial charge in [0.05, 0.1) is 18.9 Å². The average Bonchev–Trinajstić information content (AvgIpc) is 2.85. The molecule has 0 aromatic carbocycles. The first-order valence-electron chi connectivity index (χ1n) is 5.78. The number of hydrogen-bond acceptors (Lipinski definition) is 6. The van der Waals surface area contributed by atoms with Crippen LogP contribution >= 0.6 is 11.8 Å². The Bertz CT molecular complexity index is 376. The molecule has 0 N–H and O–H groups in total. The molecule has 1 heterocycles. The highest BCUT2D eigenvalue weighted by atomic mass is 32.2.